The highest BCUT2D eigenvalue weighted by Crippen LogP contribution is 2.32. The first-order chi connectivity index (χ1) is 14.9. The Labute approximate surface area is 188 Å². The summed E-state index contributed by atoms with van der Waals surface area (Å²) in [6.07, 6.45) is 0. The van der Waals surface area contributed by atoms with Gasteiger partial charge in [-0.05, 0) is 48.5 Å². The van der Waals surface area contributed by atoms with E-state index in [4.69, 9.17) is 9.15 Å². The van der Waals surface area contributed by atoms with E-state index in [0.717, 1.165) is 17.6 Å². The van der Waals surface area contributed by atoms with Gasteiger partial charge in [-0.25, -0.2) is 12.8 Å². The smallest absolute Gasteiger partial charge is 0.233 e. The number of nitrogens with one attached hydrogen (secondary N) is 1. The summed E-state index contributed by atoms with van der Waals surface area (Å²) in [4.78, 5) is 6.58. The summed E-state index contributed by atoms with van der Waals surface area (Å²) in [5.41, 5.74) is 0.481. The van der Waals surface area contributed by atoms with E-state index in [9.17, 15) is 12.8 Å². The van der Waals surface area contributed by atoms with Crippen molar-refractivity contribution < 1.29 is 22.0 Å². The predicted molar refractivity (Wildman–Crippen MR) is 117 cm³/mol. The third kappa shape index (κ3) is 5.15. The molecule has 1 saturated heterocycles. The molecule has 0 amide bonds. The summed E-state index contributed by atoms with van der Waals surface area (Å²) in [5.74, 6) is -0.234. The molecule has 1 N–H and O–H groups in total. The van der Waals surface area contributed by atoms with Crippen molar-refractivity contribution in [2.45, 2.75) is 9.92 Å². The normalized spacial score (nSPS) is 15.2. The Morgan fingerprint density at radius 3 is 2.42 bits per heavy atom. The lowest BCUT2D eigenvalue weighted by molar-refractivity contribution is 0.0398. The molecule has 2 heterocycles. The average molecular weight is 510 g/mol. The standard InChI is InChI=1S/C21H21BrFN3O4S/c22-16-3-7-18(8-4-16)31(27,28)21-20(24-9-10-26-11-13-29-14-12-26)30-19(25-21)15-1-5-17(23)6-2-15/h1-8,24H,9-14H2. The average Bonchev–Trinajstić information content (AvgIpc) is 3.20. The van der Waals surface area contributed by atoms with E-state index in [0.29, 0.717) is 31.9 Å². The number of benzene rings is 2. The van der Waals surface area contributed by atoms with E-state index < -0.39 is 15.7 Å². The molecule has 31 heavy (non-hydrogen) atoms. The number of rotatable bonds is 7. The zero-order valence-electron chi connectivity index (χ0n) is 16.6. The lowest BCUT2D eigenvalue weighted by atomic mass is 10.2. The second kappa shape index (κ2) is 9.47. The Morgan fingerprint density at radius 1 is 1.06 bits per heavy atom. The highest BCUT2D eigenvalue weighted by molar-refractivity contribution is 9.10. The number of oxazole rings is 1. The fraction of sp³-hybridized carbons (Fsp3) is 0.286. The highest BCUT2D eigenvalue weighted by Gasteiger charge is 2.28. The van der Waals surface area contributed by atoms with E-state index in [1.807, 2.05) is 0 Å². The van der Waals surface area contributed by atoms with Gasteiger partial charge < -0.3 is 14.5 Å². The Hall–Kier alpha value is -2.27. The Bertz CT molecular complexity index is 1130. The van der Waals surface area contributed by atoms with Crippen LogP contribution >= 0.6 is 15.9 Å². The molecule has 0 radical (unpaired) electrons. The van der Waals surface area contributed by atoms with E-state index in [2.05, 4.69) is 31.1 Å². The molecule has 0 spiro atoms. The van der Waals surface area contributed by atoms with Gasteiger partial charge in [-0.15, -0.1) is 0 Å². The first kappa shape index (κ1) is 21.9. The Kier molecular flexibility index (Phi) is 6.71. The fourth-order valence-corrected chi connectivity index (χ4v) is 4.74. The van der Waals surface area contributed by atoms with Gasteiger partial charge in [0.05, 0.1) is 18.1 Å². The van der Waals surface area contributed by atoms with Gasteiger partial charge in [0.2, 0.25) is 26.6 Å². The molecule has 0 unspecified atom stereocenters. The maximum Gasteiger partial charge on any atom is 0.233 e. The van der Waals surface area contributed by atoms with Crippen LogP contribution in [0.5, 0.6) is 0 Å². The summed E-state index contributed by atoms with van der Waals surface area (Å²) in [6.45, 7) is 4.18. The minimum atomic E-state index is -3.93. The molecular formula is C21H21BrFN3O4S. The topological polar surface area (TPSA) is 84.7 Å². The van der Waals surface area contributed by atoms with Gasteiger partial charge in [0, 0.05) is 36.2 Å². The minimum Gasteiger partial charge on any atom is -0.419 e. The summed E-state index contributed by atoms with van der Waals surface area (Å²) in [5, 5.41) is 2.88. The van der Waals surface area contributed by atoms with Crippen molar-refractivity contribution in [1.82, 2.24) is 9.88 Å². The lowest BCUT2D eigenvalue weighted by Gasteiger charge is -2.26. The van der Waals surface area contributed by atoms with Gasteiger partial charge in [-0.2, -0.15) is 4.98 Å². The van der Waals surface area contributed by atoms with Crippen LogP contribution in [0.1, 0.15) is 0 Å². The molecule has 3 aromatic rings. The molecule has 1 aliphatic heterocycles. The first-order valence-corrected chi connectivity index (χ1v) is 12.0. The highest BCUT2D eigenvalue weighted by atomic mass is 79.9. The fourth-order valence-electron chi connectivity index (χ4n) is 3.19. The number of morpholine rings is 1. The van der Waals surface area contributed by atoms with Crippen LogP contribution < -0.4 is 5.32 Å². The Morgan fingerprint density at radius 2 is 1.74 bits per heavy atom. The van der Waals surface area contributed by atoms with Crippen LogP contribution in [0.2, 0.25) is 0 Å². The monoisotopic (exact) mass is 509 g/mol. The molecule has 1 aromatic heterocycles. The summed E-state index contributed by atoms with van der Waals surface area (Å²) < 4.78 is 51.7. The number of nitrogens with zero attached hydrogens (tertiary/aromatic N) is 2. The lowest BCUT2D eigenvalue weighted by Crippen LogP contribution is -2.39. The summed E-state index contributed by atoms with van der Waals surface area (Å²) in [6, 6.07) is 11.8. The van der Waals surface area contributed by atoms with Crippen molar-refractivity contribution >= 4 is 31.7 Å². The third-order valence-corrected chi connectivity index (χ3v) is 7.09. The number of ether oxygens (including phenoxy) is 1. The number of hydrogen-bond donors (Lipinski definition) is 1. The van der Waals surface area contributed by atoms with Gasteiger partial charge in [0.1, 0.15) is 5.82 Å². The van der Waals surface area contributed by atoms with E-state index >= 15 is 0 Å². The van der Waals surface area contributed by atoms with Crippen LogP contribution in [0.25, 0.3) is 11.5 Å². The molecule has 2 aromatic carbocycles. The Balaban J connectivity index is 1.64. The number of sulfone groups is 1. The quantitative estimate of drug-likeness (QED) is 0.518. The van der Waals surface area contributed by atoms with Crippen LogP contribution in [-0.4, -0.2) is 57.7 Å². The maximum absolute atomic E-state index is 13.3. The summed E-state index contributed by atoms with van der Waals surface area (Å²) >= 11 is 3.31. The number of hydrogen-bond acceptors (Lipinski definition) is 7. The second-order valence-corrected chi connectivity index (χ2v) is 9.78. The molecule has 10 heteroatoms. The van der Waals surface area contributed by atoms with Gasteiger partial charge >= 0.3 is 0 Å². The van der Waals surface area contributed by atoms with E-state index in [1.165, 1.54) is 36.4 Å². The molecule has 0 aliphatic carbocycles. The maximum atomic E-state index is 13.3. The number of aromatic nitrogens is 1. The molecule has 1 aliphatic rings. The third-order valence-electron chi connectivity index (χ3n) is 4.88. The molecule has 7 nitrogen and oxygen atoms in total. The largest absolute Gasteiger partial charge is 0.419 e. The molecule has 164 valence electrons. The SMILES string of the molecule is O=S(=O)(c1ccc(Br)cc1)c1nc(-c2ccc(F)cc2)oc1NCCN1CCOCC1. The zero-order valence-corrected chi connectivity index (χ0v) is 19.0. The van der Waals surface area contributed by atoms with Crippen LogP contribution in [0, 0.1) is 5.82 Å². The van der Waals surface area contributed by atoms with Crippen LogP contribution in [0.3, 0.4) is 0 Å². The van der Waals surface area contributed by atoms with Crippen molar-refractivity contribution in [3.63, 3.8) is 0 Å². The van der Waals surface area contributed by atoms with Crippen molar-refractivity contribution in [3.05, 3.63) is 58.8 Å². The van der Waals surface area contributed by atoms with Crippen molar-refractivity contribution in [3.8, 4) is 11.5 Å². The van der Waals surface area contributed by atoms with Gasteiger partial charge in [0.25, 0.3) is 0 Å². The summed E-state index contributed by atoms with van der Waals surface area (Å²) in [7, 11) is -3.93. The minimum absolute atomic E-state index is 0.0653. The molecule has 1 fully saturated rings. The van der Waals surface area contributed by atoms with Crippen molar-refractivity contribution in [1.29, 1.82) is 0 Å². The van der Waals surface area contributed by atoms with Crippen LogP contribution in [-0.2, 0) is 14.6 Å². The molecule has 0 bridgehead atoms. The van der Waals surface area contributed by atoms with Crippen molar-refractivity contribution in [2.75, 3.05) is 44.7 Å². The predicted octanol–water partition coefficient (Wildman–Crippen LogP) is 3.82. The molecule has 0 atom stereocenters. The number of halogens is 2. The van der Waals surface area contributed by atoms with Gasteiger partial charge in [-0.1, -0.05) is 15.9 Å². The number of anilines is 1. The van der Waals surface area contributed by atoms with Crippen molar-refractivity contribution in [2.24, 2.45) is 0 Å². The van der Waals surface area contributed by atoms with Gasteiger partial charge in [-0.3, -0.25) is 4.90 Å². The molecule has 0 saturated carbocycles. The van der Waals surface area contributed by atoms with E-state index in [1.54, 1.807) is 12.1 Å². The van der Waals surface area contributed by atoms with Crippen LogP contribution in [0.4, 0.5) is 10.3 Å². The zero-order chi connectivity index (χ0) is 21.8. The van der Waals surface area contributed by atoms with Crippen LogP contribution in [0.15, 0.2) is 67.3 Å². The first-order valence-electron chi connectivity index (χ1n) is 9.75. The molecular weight excluding hydrogens is 489 g/mol. The van der Waals surface area contributed by atoms with E-state index in [-0.39, 0.29) is 21.7 Å². The molecule has 4 rings (SSSR count). The van der Waals surface area contributed by atoms with Gasteiger partial charge in [0.15, 0.2) is 0 Å². The second-order valence-electron chi connectivity index (χ2n) is 7.00.